The molecule has 10 aromatic rings. The van der Waals surface area contributed by atoms with Crippen molar-refractivity contribution in [2.75, 3.05) is 0 Å². The highest BCUT2D eigenvalue weighted by atomic mass is 16.3. The molecule has 3 heterocycles. The molecule has 0 amide bonds. The van der Waals surface area contributed by atoms with Crippen LogP contribution in [0.5, 0.6) is 0 Å². The summed E-state index contributed by atoms with van der Waals surface area (Å²) < 4.78 is 109. The van der Waals surface area contributed by atoms with Gasteiger partial charge in [-0.25, -0.2) is 15.0 Å². The summed E-state index contributed by atoms with van der Waals surface area (Å²) in [6.07, 6.45) is 0. The van der Waals surface area contributed by atoms with Crippen molar-refractivity contribution in [3.8, 4) is 56.4 Å². The first kappa shape index (κ1) is 19.2. The maximum absolute atomic E-state index is 9.69. The second kappa shape index (κ2) is 11.4. The maximum Gasteiger partial charge on any atom is 0.164 e. The van der Waals surface area contributed by atoms with Gasteiger partial charge in [-0.1, -0.05) is 121 Å². The molecular weight excluding hydrogens is 615 g/mol. The fourth-order valence-electron chi connectivity index (χ4n) is 6.18. The zero-order chi connectivity index (χ0) is 42.6. The van der Waals surface area contributed by atoms with E-state index in [0.717, 1.165) is 21.9 Å². The van der Waals surface area contributed by atoms with Crippen LogP contribution in [0.25, 0.3) is 100 Å². The average Bonchev–Trinajstić information content (AvgIpc) is 3.87. The van der Waals surface area contributed by atoms with Crippen molar-refractivity contribution in [2.24, 2.45) is 0 Å². The van der Waals surface area contributed by atoms with E-state index in [9.17, 15) is 2.74 Å². The van der Waals surface area contributed by atoms with Crippen molar-refractivity contribution in [2.45, 2.75) is 0 Å². The first-order chi connectivity index (χ1) is 29.3. The summed E-state index contributed by atoms with van der Waals surface area (Å²) >= 11 is 0. The third kappa shape index (κ3) is 4.75. The molecular formula is C45H27N3O2. The monoisotopic (exact) mass is 652 g/mol. The molecule has 7 aromatic carbocycles. The third-order valence-electron chi connectivity index (χ3n) is 8.57. The van der Waals surface area contributed by atoms with Crippen molar-refractivity contribution in [3.05, 3.63) is 164 Å². The lowest BCUT2D eigenvalue weighted by molar-refractivity contribution is 0.668. The molecule has 0 fully saturated rings. The van der Waals surface area contributed by atoms with Crippen LogP contribution in [0.15, 0.2) is 172 Å². The molecule has 3 aromatic heterocycles. The highest BCUT2D eigenvalue weighted by Gasteiger charge is 2.18. The number of benzene rings is 7. The van der Waals surface area contributed by atoms with Gasteiger partial charge in [0.2, 0.25) is 0 Å². The molecule has 0 aliphatic rings. The molecule has 0 saturated heterocycles. The lowest BCUT2D eigenvalue weighted by Gasteiger charge is -2.09. The minimum absolute atomic E-state index is 0.157. The van der Waals surface area contributed by atoms with E-state index in [2.05, 4.69) is 0 Å². The van der Waals surface area contributed by atoms with Gasteiger partial charge in [0.05, 0.1) is 15.1 Å². The Balaban J connectivity index is 1.26. The summed E-state index contributed by atoms with van der Waals surface area (Å²) in [6.45, 7) is 0. The summed E-state index contributed by atoms with van der Waals surface area (Å²) in [5.41, 5.74) is 2.62. The Morgan fingerprint density at radius 1 is 0.400 bits per heavy atom. The van der Waals surface area contributed by atoms with Crippen molar-refractivity contribution in [3.63, 3.8) is 0 Å². The minimum Gasteiger partial charge on any atom is -0.456 e. The fourth-order valence-corrected chi connectivity index (χ4v) is 6.18. The Morgan fingerprint density at radius 3 is 1.90 bits per heavy atom. The zero-order valence-corrected chi connectivity index (χ0v) is 25.9. The first-order valence-corrected chi connectivity index (χ1v) is 15.7. The predicted octanol–water partition coefficient (Wildman–Crippen LogP) is 12.0. The smallest absolute Gasteiger partial charge is 0.164 e. The molecule has 0 aliphatic carbocycles. The fraction of sp³-hybridized carbons (Fsp3) is 0. The zero-order valence-electron chi connectivity index (χ0n) is 36.9. The van der Waals surface area contributed by atoms with E-state index < -0.39 is 72.0 Å². The van der Waals surface area contributed by atoms with Gasteiger partial charge in [0, 0.05) is 38.2 Å². The van der Waals surface area contributed by atoms with E-state index in [-0.39, 0.29) is 50.5 Å². The van der Waals surface area contributed by atoms with Crippen molar-refractivity contribution in [1.82, 2.24) is 15.0 Å². The van der Waals surface area contributed by atoms with Crippen LogP contribution >= 0.6 is 0 Å². The molecule has 0 bridgehead atoms. The second-order valence-corrected chi connectivity index (χ2v) is 11.6. The van der Waals surface area contributed by atoms with E-state index in [1.807, 2.05) is 91.0 Å². The number of furan rings is 2. The maximum atomic E-state index is 9.69. The van der Waals surface area contributed by atoms with E-state index in [1.54, 1.807) is 6.07 Å². The van der Waals surface area contributed by atoms with Crippen LogP contribution in [0, 0.1) is 0 Å². The molecule has 50 heavy (non-hydrogen) atoms. The van der Waals surface area contributed by atoms with Crippen LogP contribution in [-0.2, 0) is 0 Å². The third-order valence-corrected chi connectivity index (χ3v) is 8.57. The van der Waals surface area contributed by atoms with Gasteiger partial charge in [0.1, 0.15) is 22.3 Å². The quantitative estimate of drug-likeness (QED) is 0.185. The number of aromatic nitrogens is 3. The normalized spacial score (nSPS) is 14.7. The molecule has 0 N–H and O–H groups in total. The van der Waals surface area contributed by atoms with Gasteiger partial charge in [-0.2, -0.15) is 0 Å². The van der Waals surface area contributed by atoms with Gasteiger partial charge in [0.25, 0.3) is 0 Å². The summed E-state index contributed by atoms with van der Waals surface area (Å²) in [6, 6.07) is 23.7. The predicted molar refractivity (Wildman–Crippen MR) is 202 cm³/mol. The second-order valence-electron chi connectivity index (χ2n) is 11.6. The van der Waals surface area contributed by atoms with Crippen LogP contribution in [-0.4, -0.2) is 15.0 Å². The molecule has 0 spiro atoms. The highest BCUT2D eigenvalue weighted by molar-refractivity contribution is 6.13. The number of para-hydroxylation sites is 1. The number of fused-ring (bicyclic) bond motifs is 6. The number of hydrogen-bond acceptors (Lipinski definition) is 5. The first-order valence-electron chi connectivity index (χ1n) is 21.2. The Labute approximate surface area is 302 Å². The van der Waals surface area contributed by atoms with Crippen molar-refractivity contribution < 1.29 is 23.9 Å². The topological polar surface area (TPSA) is 65.0 Å². The van der Waals surface area contributed by atoms with Gasteiger partial charge in [-0.3, -0.25) is 0 Å². The molecule has 0 aliphatic heterocycles. The van der Waals surface area contributed by atoms with Gasteiger partial charge in [0.15, 0.2) is 17.5 Å². The number of hydrogen-bond donors (Lipinski definition) is 0. The molecule has 0 radical (unpaired) electrons. The van der Waals surface area contributed by atoms with Crippen LogP contribution < -0.4 is 0 Å². The van der Waals surface area contributed by atoms with Crippen LogP contribution in [0.1, 0.15) is 15.1 Å². The Morgan fingerprint density at radius 2 is 1.06 bits per heavy atom. The van der Waals surface area contributed by atoms with Crippen molar-refractivity contribution >= 4 is 43.9 Å². The van der Waals surface area contributed by atoms with E-state index in [4.69, 9.17) is 36.1 Å². The van der Waals surface area contributed by atoms with Gasteiger partial charge in [-0.05, 0) is 64.6 Å². The van der Waals surface area contributed by atoms with Crippen molar-refractivity contribution in [1.29, 1.82) is 0 Å². The molecule has 0 unspecified atom stereocenters. The van der Waals surface area contributed by atoms with Gasteiger partial charge in [-0.15, -0.1) is 0 Å². The van der Waals surface area contributed by atoms with E-state index in [1.165, 1.54) is 0 Å². The Kier molecular flexibility index (Phi) is 4.38. The highest BCUT2D eigenvalue weighted by Crippen LogP contribution is 2.39. The standard InChI is InChI=1S/C45H27N3O2/c1-3-10-28(11-4-1)29-18-20-31(21-19-29)43-46-44(48-45(47-43)33-22-24-36-35-14-7-8-16-38(35)50-41(36)27-33)32-23-25-39-37(26-32)42-34(15-9-17-40(42)49-39)30-12-5-2-6-13-30/h1-27H/i2D,5D,6D,9D,12D,13D,15D,17D,23D,25D,26D. The van der Waals surface area contributed by atoms with Gasteiger partial charge >= 0.3 is 0 Å². The molecule has 234 valence electrons. The lowest BCUT2D eigenvalue weighted by Crippen LogP contribution is -2.00. The molecule has 10 rings (SSSR count). The SMILES string of the molecule is [2H]c1c([2H])c([2H])c(-c2c([2H])c([2H])c([2H])c3oc4c([2H])c([2H])c(-c5nc(-c6ccc(-c7ccccc7)cc6)nc(-c6ccc7c(c6)oc6ccccc67)n5)c([2H])c4c23)c([2H])c1[2H]. The molecule has 0 atom stereocenters. The van der Waals surface area contributed by atoms with E-state index >= 15 is 0 Å². The summed E-state index contributed by atoms with van der Waals surface area (Å²) in [4.78, 5) is 14.4. The van der Waals surface area contributed by atoms with Crippen LogP contribution in [0.3, 0.4) is 0 Å². The summed E-state index contributed by atoms with van der Waals surface area (Å²) in [5.74, 6) is 0.195. The summed E-state index contributed by atoms with van der Waals surface area (Å²) in [5, 5.41) is 1.42. The lowest BCUT2D eigenvalue weighted by atomic mass is 9.99. The summed E-state index contributed by atoms with van der Waals surface area (Å²) in [7, 11) is 0. The van der Waals surface area contributed by atoms with Crippen LogP contribution in [0.2, 0.25) is 0 Å². The van der Waals surface area contributed by atoms with Crippen LogP contribution in [0.4, 0.5) is 0 Å². The minimum atomic E-state index is -0.692. The van der Waals surface area contributed by atoms with E-state index in [0.29, 0.717) is 22.3 Å². The largest absolute Gasteiger partial charge is 0.456 e. The Hall–Kier alpha value is -6.85. The molecule has 5 nitrogen and oxygen atoms in total. The number of nitrogens with zero attached hydrogens (tertiary/aromatic N) is 3. The average molecular weight is 653 g/mol. The molecule has 0 saturated carbocycles. The molecule has 5 heteroatoms. The number of rotatable bonds is 5. The Bertz CT molecular complexity index is 3470. The van der Waals surface area contributed by atoms with Gasteiger partial charge < -0.3 is 8.83 Å².